The van der Waals surface area contributed by atoms with Crippen molar-refractivity contribution in [3.63, 3.8) is 0 Å². The highest BCUT2D eigenvalue weighted by Crippen LogP contribution is 2.37. The highest BCUT2D eigenvalue weighted by atomic mass is 32.1. The van der Waals surface area contributed by atoms with Gasteiger partial charge in [-0.15, -0.1) is 11.3 Å². The van der Waals surface area contributed by atoms with Crippen LogP contribution in [0, 0.1) is 0 Å². The molecule has 4 rings (SSSR count). The molecule has 0 spiro atoms. The lowest BCUT2D eigenvalue weighted by Gasteiger charge is -2.29. The van der Waals surface area contributed by atoms with Gasteiger partial charge in [0.1, 0.15) is 17.3 Å². The van der Waals surface area contributed by atoms with Crippen LogP contribution in [0.4, 0.5) is 5.69 Å². The maximum absolute atomic E-state index is 12.5. The van der Waals surface area contributed by atoms with E-state index < -0.39 is 0 Å². The van der Waals surface area contributed by atoms with Gasteiger partial charge in [-0.05, 0) is 31.5 Å². The molecule has 0 saturated heterocycles. The number of thiazole rings is 1. The molecule has 7 heteroatoms. The minimum atomic E-state index is -0.234. The third kappa shape index (κ3) is 4.21. The van der Waals surface area contributed by atoms with Gasteiger partial charge in [-0.25, -0.2) is 4.98 Å². The molecule has 1 atom stereocenters. The van der Waals surface area contributed by atoms with Crippen LogP contribution in [0.3, 0.4) is 0 Å². The zero-order chi connectivity index (χ0) is 21.1. The summed E-state index contributed by atoms with van der Waals surface area (Å²) in [5.41, 5.74) is 3.35. The molecular weight excluding hydrogens is 398 g/mol. The number of carbonyl (C=O) groups is 2. The molecule has 154 valence electrons. The van der Waals surface area contributed by atoms with E-state index in [9.17, 15) is 9.59 Å². The topological polar surface area (TPSA) is 71.5 Å². The highest BCUT2D eigenvalue weighted by Gasteiger charge is 2.28. The quantitative estimate of drug-likeness (QED) is 0.650. The van der Waals surface area contributed by atoms with E-state index in [0.29, 0.717) is 11.4 Å². The zero-order valence-electron chi connectivity index (χ0n) is 16.9. The van der Waals surface area contributed by atoms with Gasteiger partial charge in [0.15, 0.2) is 6.61 Å². The van der Waals surface area contributed by atoms with Crippen molar-refractivity contribution < 1.29 is 14.3 Å². The molecule has 3 aromatic rings. The number of nitrogens with one attached hydrogen (secondary N) is 1. The van der Waals surface area contributed by atoms with Crippen molar-refractivity contribution in [2.24, 2.45) is 0 Å². The summed E-state index contributed by atoms with van der Waals surface area (Å²) in [4.78, 5) is 31.1. The Morgan fingerprint density at radius 1 is 1.23 bits per heavy atom. The molecule has 2 heterocycles. The van der Waals surface area contributed by atoms with Crippen LogP contribution in [-0.2, 0) is 9.59 Å². The molecule has 1 unspecified atom stereocenters. The SMILES string of the molecule is CCC(C)NC(=O)CN1C(=O)COc2ccc(-c3csc(-c4ccccc4)n3)cc21. The van der Waals surface area contributed by atoms with Gasteiger partial charge < -0.3 is 10.1 Å². The molecule has 0 saturated carbocycles. The Kier molecular flexibility index (Phi) is 5.81. The maximum Gasteiger partial charge on any atom is 0.265 e. The van der Waals surface area contributed by atoms with E-state index in [1.807, 2.05) is 67.8 Å². The summed E-state index contributed by atoms with van der Waals surface area (Å²) in [6.45, 7) is 3.84. The molecule has 1 aliphatic heterocycles. The van der Waals surface area contributed by atoms with Crippen molar-refractivity contribution in [2.75, 3.05) is 18.1 Å². The number of hydrogen-bond donors (Lipinski definition) is 1. The van der Waals surface area contributed by atoms with Crippen LogP contribution < -0.4 is 15.0 Å². The van der Waals surface area contributed by atoms with E-state index in [0.717, 1.165) is 28.2 Å². The lowest BCUT2D eigenvalue weighted by molar-refractivity contribution is -0.125. The normalized spacial score (nSPS) is 14.1. The first-order valence-electron chi connectivity index (χ1n) is 9.93. The third-order valence-corrected chi connectivity index (χ3v) is 5.94. The van der Waals surface area contributed by atoms with Crippen LogP contribution >= 0.6 is 11.3 Å². The van der Waals surface area contributed by atoms with E-state index in [1.54, 1.807) is 11.3 Å². The highest BCUT2D eigenvalue weighted by molar-refractivity contribution is 7.13. The monoisotopic (exact) mass is 421 g/mol. The molecule has 6 nitrogen and oxygen atoms in total. The Hall–Kier alpha value is -3.19. The van der Waals surface area contributed by atoms with E-state index in [4.69, 9.17) is 9.72 Å². The zero-order valence-corrected chi connectivity index (χ0v) is 17.7. The number of benzene rings is 2. The molecule has 1 aromatic heterocycles. The minimum absolute atomic E-state index is 0.0324. The molecule has 0 fully saturated rings. The fraction of sp³-hybridized carbons (Fsp3) is 0.261. The van der Waals surface area contributed by atoms with Gasteiger partial charge in [0.25, 0.3) is 5.91 Å². The summed E-state index contributed by atoms with van der Waals surface area (Å²) >= 11 is 1.57. The van der Waals surface area contributed by atoms with Crippen molar-refractivity contribution in [1.29, 1.82) is 0 Å². The fourth-order valence-corrected chi connectivity index (χ4v) is 4.06. The first-order valence-corrected chi connectivity index (χ1v) is 10.8. The lowest BCUT2D eigenvalue weighted by atomic mass is 10.1. The summed E-state index contributed by atoms with van der Waals surface area (Å²) in [5.74, 6) is 0.173. The van der Waals surface area contributed by atoms with E-state index in [2.05, 4.69) is 5.32 Å². The molecule has 2 amide bonds. The smallest absolute Gasteiger partial charge is 0.265 e. The summed E-state index contributed by atoms with van der Waals surface area (Å²) < 4.78 is 5.57. The van der Waals surface area contributed by atoms with Gasteiger partial charge in [-0.3, -0.25) is 14.5 Å². The van der Waals surface area contributed by atoms with Gasteiger partial charge in [0.05, 0.1) is 11.4 Å². The second-order valence-electron chi connectivity index (χ2n) is 7.23. The summed E-state index contributed by atoms with van der Waals surface area (Å²) in [7, 11) is 0. The minimum Gasteiger partial charge on any atom is -0.482 e. The van der Waals surface area contributed by atoms with Crippen molar-refractivity contribution in [3.8, 4) is 27.6 Å². The molecule has 2 aromatic carbocycles. The van der Waals surface area contributed by atoms with Crippen molar-refractivity contribution in [3.05, 3.63) is 53.9 Å². The molecule has 30 heavy (non-hydrogen) atoms. The summed E-state index contributed by atoms with van der Waals surface area (Å²) in [6.07, 6.45) is 0.830. The first-order chi connectivity index (χ1) is 14.5. The average Bonchev–Trinajstić information content (AvgIpc) is 3.26. The number of aromatic nitrogens is 1. The Labute approximate surface area is 179 Å². The molecule has 0 bridgehead atoms. The van der Waals surface area contributed by atoms with E-state index >= 15 is 0 Å². The van der Waals surface area contributed by atoms with Crippen LogP contribution in [0.15, 0.2) is 53.9 Å². The van der Waals surface area contributed by atoms with Crippen LogP contribution in [0.5, 0.6) is 5.75 Å². The van der Waals surface area contributed by atoms with Gasteiger partial charge in [0, 0.05) is 22.5 Å². The summed E-state index contributed by atoms with van der Waals surface area (Å²) in [5, 5.41) is 5.84. The van der Waals surface area contributed by atoms with Crippen LogP contribution in [0.2, 0.25) is 0 Å². The molecule has 1 aliphatic rings. The van der Waals surface area contributed by atoms with Crippen LogP contribution in [-0.4, -0.2) is 36.0 Å². The Morgan fingerprint density at radius 3 is 2.80 bits per heavy atom. The molecule has 0 aliphatic carbocycles. The molecule has 0 radical (unpaired) electrons. The predicted molar refractivity (Wildman–Crippen MR) is 119 cm³/mol. The number of fused-ring (bicyclic) bond motifs is 1. The first kappa shape index (κ1) is 20.1. The lowest BCUT2D eigenvalue weighted by Crippen LogP contribution is -2.46. The Bertz CT molecular complexity index is 1060. The Balaban J connectivity index is 1.61. The van der Waals surface area contributed by atoms with Gasteiger partial charge in [-0.2, -0.15) is 0 Å². The fourth-order valence-electron chi connectivity index (χ4n) is 3.22. The maximum atomic E-state index is 12.5. The third-order valence-electron chi connectivity index (χ3n) is 5.04. The summed E-state index contributed by atoms with van der Waals surface area (Å²) in [6, 6.07) is 15.7. The molecule has 1 N–H and O–H groups in total. The number of nitrogens with zero attached hydrogens (tertiary/aromatic N) is 2. The van der Waals surface area contributed by atoms with Crippen LogP contribution in [0.25, 0.3) is 21.8 Å². The van der Waals surface area contributed by atoms with Gasteiger partial charge >= 0.3 is 0 Å². The van der Waals surface area contributed by atoms with E-state index in [-0.39, 0.29) is 31.0 Å². The predicted octanol–water partition coefficient (Wildman–Crippen LogP) is 4.12. The Morgan fingerprint density at radius 2 is 2.03 bits per heavy atom. The second kappa shape index (κ2) is 8.67. The molecular formula is C23H23N3O3S. The van der Waals surface area contributed by atoms with Gasteiger partial charge in [-0.1, -0.05) is 37.3 Å². The standard InChI is InChI=1S/C23H23N3O3S/c1-3-15(2)24-21(27)12-26-19-11-17(9-10-20(19)29-13-22(26)28)18-14-30-23(25-18)16-7-5-4-6-8-16/h4-11,14-15H,3,12-13H2,1-2H3,(H,24,27). The van der Waals surface area contributed by atoms with Crippen molar-refractivity contribution >= 4 is 28.8 Å². The number of rotatable bonds is 6. The number of carbonyl (C=O) groups excluding carboxylic acids is 2. The van der Waals surface area contributed by atoms with Crippen LogP contribution in [0.1, 0.15) is 20.3 Å². The number of hydrogen-bond acceptors (Lipinski definition) is 5. The number of amides is 2. The van der Waals surface area contributed by atoms with E-state index in [1.165, 1.54) is 4.90 Å². The number of anilines is 1. The van der Waals surface area contributed by atoms with Crippen molar-refractivity contribution in [1.82, 2.24) is 10.3 Å². The van der Waals surface area contributed by atoms with Crippen molar-refractivity contribution in [2.45, 2.75) is 26.3 Å². The largest absolute Gasteiger partial charge is 0.482 e. The average molecular weight is 422 g/mol. The second-order valence-corrected chi connectivity index (χ2v) is 8.09. The van der Waals surface area contributed by atoms with Gasteiger partial charge in [0.2, 0.25) is 5.91 Å². The number of ether oxygens (including phenoxy) is 1.